The molecule has 0 aromatic heterocycles. The Balaban J connectivity index is 1.94. The Morgan fingerprint density at radius 2 is 1.81 bits per heavy atom. The summed E-state index contributed by atoms with van der Waals surface area (Å²) in [5, 5.41) is 0. The fraction of sp³-hybridized carbons (Fsp3) is 0.714. The minimum Gasteiger partial charge on any atom is -0.144 e. The van der Waals surface area contributed by atoms with Crippen molar-refractivity contribution in [2.45, 2.75) is 37.2 Å². The third kappa shape index (κ3) is 1.45. The second kappa shape index (κ2) is 4.13. The van der Waals surface area contributed by atoms with Gasteiger partial charge in [0.05, 0.1) is 4.08 Å². The molecule has 1 spiro atoms. The summed E-state index contributed by atoms with van der Waals surface area (Å²) in [4.78, 5) is 0. The van der Waals surface area contributed by atoms with E-state index in [0.29, 0.717) is 4.08 Å². The molecule has 1 saturated heterocycles. The Morgan fingerprint density at radius 1 is 1.12 bits per heavy atom. The third-order valence-electron chi connectivity index (χ3n) is 4.33. The topological polar surface area (TPSA) is 0 Å². The van der Waals surface area contributed by atoms with E-state index in [0.717, 1.165) is 11.8 Å². The fourth-order valence-corrected chi connectivity index (χ4v) is 7.52. The number of allylic oxidation sites excluding steroid dienone is 4. The van der Waals surface area contributed by atoms with Crippen molar-refractivity contribution in [3.05, 3.63) is 23.3 Å². The maximum atomic E-state index is 2.39. The highest BCUT2D eigenvalue weighted by Crippen LogP contribution is 2.66. The van der Waals surface area contributed by atoms with Crippen LogP contribution in [0.4, 0.5) is 0 Å². The first-order chi connectivity index (χ1) is 7.80. The van der Waals surface area contributed by atoms with Crippen molar-refractivity contribution in [1.29, 1.82) is 0 Å². The summed E-state index contributed by atoms with van der Waals surface area (Å²) >= 11 is 4.53. The van der Waals surface area contributed by atoms with E-state index in [1.54, 1.807) is 11.1 Å². The Labute approximate surface area is 107 Å². The van der Waals surface area contributed by atoms with Crippen molar-refractivity contribution >= 4 is 23.5 Å². The molecule has 0 radical (unpaired) electrons. The predicted octanol–water partition coefficient (Wildman–Crippen LogP) is 4.49. The smallest absolute Gasteiger partial charge is 0.0685 e. The van der Waals surface area contributed by atoms with Gasteiger partial charge in [-0.05, 0) is 61.7 Å². The van der Waals surface area contributed by atoms with E-state index < -0.39 is 0 Å². The molecule has 0 aromatic carbocycles. The molecule has 0 nitrogen and oxygen atoms in total. The zero-order valence-corrected chi connectivity index (χ0v) is 11.8. The average Bonchev–Trinajstić information content (AvgIpc) is 2.83. The molecule has 1 aliphatic heterocycles. The van der Waals surface area contributed by atoms with Crippen molar-refractivity contribution < 1.29 is 0 Å². The Hall–Kier alpha value is 0.180. The molecular formula is C14H20S2. The highest BCUT2D eigenvalue weighted by molar-refractivity contribution is 8.18. The zero-order chi connectivity index (χ0) is 11.2. The summed E-state index contributed by atoms with van der Waals surface area (Å²) in [7, 11) is 0. The lowest BCUT2D eigenvalue weighted by Gasteiger charge is -2.41. The molecule has 2 unspecified atom stereocenters. The summed E-state index contributed by atoms with van der Waals surface area (Å²) in [6.45, 7) is 4.44. The first-order valence-corrected chi connectivity index (χ1v) is 8.38. The van der Waals surface area contributed by atoms with Crippen molar-refractivity contribution in [1.82, 2.24) is 0 Å². The highest BCUT2D eigenvalue weighted by atomic mass is 32.2. The van der Waals surface area contributed by atoms with Crippen LogP contribution in [0.1, 0.15) is 33.1 Å². The van der Waals surface area contributed by atoms with Crippen molar-refractivity contribution in [3.63, 3.8) is 0 Å². The van der Waals surface area contributed by atoms with Gasteiger partial charge in [-0.3, -0.25) is 0 Å². The zero-order valence-electron chi connectivity index (χ0n) is 10.2. The molecule has 0 N–H and O–H groups in total. The number of fused-ring (bicyclic) bond motifs is 3. The van der Waals surface area contributed by atoms with E-state index in [-0.39, 0.29) is 0 Å². The maximum absolute atomic E-state index is 2.39. The lowest BCUT2D eigenvalue weighted by Crippen LogP contribution is -2.33. The van der Waals surface area contributed by atoms with Crippen molar-refractivity contribution in [2.75, 3.05) is 11.5 Å². The number of hydrogen-bond donors (Lipinski definition) is 0. The van der Waals surface area contributed by atoms with Crippen molar-refractivity contribution in [3.8, 4) is 0 Å². The van der Waals surface area contributed by atoms with Crippen LogP contribution in [0.15, 0.2) is 23.3 Å². The lowest BCUT2D eigenvalue weighted by atomic mass is 9.88. The minimum absolute atomic E-state index is 0.567. The van der Waals surface area contributed by atoms with Gasteiger partial charge in [0, 0.05) is 5.92 Å². The molecular weight excluding hydrogens is 232 g/mol. The maximum Gasteiger partial charge on any atom is 0.0685 e. The first-order valence-electron chi connectivity index (χ1n) is 6.41. The van der Waals surface area contributed by atoms with E-state index in [1.807, 2.05) is 0 Å². The number of thioether (sulfide) groups is 2. The van der Waals surface area contributed by atoms with Gasteiger partial charge in [0.15, 0.2) is 0 Å². The molecule has 2 atom stereocenters. The summed E-state index contributed by atoms with van der Waals surface area (Å²) in [6, 6.07) is 0. The standard InChI is InChI=1S/C14H20S2/c1-3-11-10-8-13(12(11)4-2)14(9-10)15-6-5-7-16-14/h3-4,10,13H,5-9H2,1-2H3. The van der Waals surface area contributed by atoms with Gasteiger partial charge in [-0.25, -0.2) is 0 Å². The summed E-state index contributed by atoms with van der Waals surface area (Å²) in [5.41, 5.74) is 3.35. The SMILES string of the molecule is CC=C1C(=CC)C2CC1CC21SCCCS1. The molecule has 88 valence electrons. The van der Waals surface area contributed by atoms with Gasteiger partial charge in [0.25, 0.3) is 0 Å². The van der Waals surface area contributed by atoms with Gasteiger partial charge >= 0.3 is 0 Å². The predicted molar refractivity (Wildman–Crippen MR) is 76.0 cm³/mol. The van der Waals surface area contributed by atoms with Crippen LogP contribution in [0.2, 0.25) is 0 Å². The number of rotatable bonds is 0. The van der Waals surface area contributed by atoms with E-state index in [2.05, 4.69) is 49.5 Å². The van der Waals surface area contributed by atoms with Gasteiger partial charge in [0.1, 0.15) is 0 Å². The summed E-state index contributed by atoms with van der Waals surface area (Å²) in [6.07, 6.45) is 9.03. The van der Waals surface area contributed by atoms with Crippen LogP contribution in [0, 0.1) is 11.8 Å². The van der Waals surface area contributed by atoms with E-state index in [9.17, 15) is 0 Å². The average molecular weight is 252 g/mol. The minimum atomic E-state index is 0.567. The highest BCUT2D eigenvalue weighted by Gasteiger charge is 2.56. The lowest BCUT2D eigenvalue weighted by molar-refractivity contribution is 0.625. The van der Waals surface area contributed by atoms with Crippen LogP contribution in [0.25, 0.3) is 0 Å². The molecule has 3 aliphatic rings. The fourth-order valence-electron chi connectivity index (χ4n) is 3.75. The van der Waals surface area contributed by atoms with Crippen LogP contribution in [0.5, 0.6) is 0 Å². The second-order valence-electron chi connectivity index (χ2n) is 5.04. The molecule has 0 aromatic rings. The molecule has 2 saturated carbocycles. The molecule has 1 heterocycles. The van der Waals surface area contributed by atoms with E-state index in [4.69, 9.17) is 0 Å². The second-order valence-corrected chi connectivity index (χ2v) is 8.15. The normalized spacial score (nSPS) is 41.4. The Bertz CT molecular complexity index is 348. The Morgan fingerprint density at radius 3 is 2.44 bits per heavy atom. The molecule has 2 heteroatoms. The quantitative estimate of drug-likeness (QED) is 0.623. The van der Waals surface area contributed by atoms with Crippen LogP contribution in [-0.4, -0.2) is 15.6 Å². The Kier molecular flexibility index (Phi) is 2.91. The van der Waals surface area contributed by atoms with Gasteiger partial charge < -0.3 is 0 Å². The van der Waals surface area contributed by atoms with Crippen LogP contribution < -0.4 is 0 Å². The molecule has 3 fully saturated rings. The summed E-state index contributed by atoms with van der Waals surface area (Å²) < 4.78 is 0.567. The van der Waals surface area contributed by atoms with E-state index in [1.165, 1.54) is 30.8 Å². The molecule has 0 amide bonds. The van der Waals surface area contributed by atoms with Gasteiger partial charge in [-0.2, -0.15) is 0 Å². The molecule has 3 rings (SSSR count). The third-order valence-corrected chi connectivity index (χ3v) is 7.91. The molecule has 2 bridgehead atoms. The monoisotopic (exact) mass is 252 g/mol. The first kappa shape index (κ1) is 11.3. The van der Waals surface area contributed by atoms with E-state index >= 15 is 0 Å². The van der Waals surface area contributed by atoms with Crippen molar-refractivity contribution in [2.24, 2.45) is 11.8 Å². The largest absolute Gasteiger partial charge is 0.144 e. The van der Waals surface area contributed by atoms with Gasteiger partial charge in [0.2, 0.25) is 0 Å². The van der Waals surface area contributed by atoms with Crippen LogP contribution >= 0.6 is 23.5 Å². The van der Waals surface area contributed by atoms with Crippen LogP contribution in [-0.2, 0) is 0 Å². The van der Waals surface area contributed by atoms with Gasteiger partial charge in [-0.15, -0.1) is 23.5 Å². The molecule has 16 heavy (non-hydrogen) atoms. The summed E-state index contributed by atoms with van der Waals surface area (Å²) in [5.74, 6) is 4.50. The van der Waals surface area contributed by atoms with Crippen LogP contribution in [0.3, 0.4) is 0 Å². The van der Waals surface area contributed by atoms with Gasteiger partial charge in [-0.1, -0.05) is 12.2 Å². The number of hydrogen-bond acceptors (Lipinski definition) is 2. The molecule has 2 aliphatic carbocycles.